The maximum atomic E-state index is 12.0. The molecule has 1 N–H and O–H groups in total. The lowest BCUT2D eigenvalue weighted by Gasteiger charge is -2.36. The number of aromatic nitrogens is 1. The molecule has 1 fully saturated rings. The summed E-state index contributed by atoms with van der Waals surface area (Å²) in [7, 11) is 3.52. The van der Waals surface area contributed by atoms with Gasteiger partial charge in [-0.3, -0.25) is 9.69 Å². The first kappa shape index (κ1) is 24.1. The fraction of sp³-hybridized carbons (Fsp3) is 0.476. The van der Waals surface area contributed by atoms with Gasteiger partial charge in [-0.2, -0.15) is 0 Å². The molecule has 1 aromatic heterocycles. The lowest BCUT2D eigenvalue weighted by molar-refractivity contribution is -0.127. The van der Waals surface area contributed by atoms with Crippen LogP contribution in [0.5, 0.6) is 0 Å². The van der Waals surface area contributed by atoms with Crippen LogP contribution in [0.4, 0.5) is 0 Å². The maximum Gasteiger partial charge on any atom is 0.241 e. The number of aliphatic imine (C=N–C) groups is 1. The summed E-state index contributed by atoms with van der Waals surface area (Å²) in [4.78, 5) is 23.0. The average Bonchev–Trinajstić information content (AvgIpc) is 3.14. The monoisotopic (exact) mass is 526 g/mol. The quantitative estimate of drug-likeness (QED) is 0.353. The molecule has 30 heavy (non-hydrogen) atoms. The Balaban J connectivity index is 0.00000320. The van der Waals surface area contributed by atoms with E-state index in [1.54, 1.807) is 19.0 Å². The van der Waals surface area contributed by atoms with Gasteiger partial charge >= 0.3 is 0 Å². The molecule has 9 heteroatoms. The first-order valence-corrected chi connectivity index (χ1v) is 9.93. The fourth-order valence-electron chi connectivity index (χ4n) is 3.17. The molecule has 2 aromatic rings. The van der Waals surface area contributed by atoms with Gasteiger partial charge in [-0.15, -0.1) is 24.0 Å². The number of benzene rings is 1. The van der Waals surface area contributed by atoms with Gasteiger partial charge in [-0.05, 0) is 12.5 Å². The third kappa shape index (κ3) is 7.28. The number of aryl methyl sites for hydroxylation is 1. The number of nitrogens with one attached hydrogen (secondary N) is 1. The summed E-state index contributed by atoms with van der Waals surface area (Å²) >= 11 is 0. The molecular weight excluding hydrogens is 495 g/mol. The first-order chi connectivity index (χ1) is 14.0. The van der Waals surface area contributed by atoms with Gasteiger partial charge in [0.2, 0.25) is 5.91 Å². The fourth-order valence-corrected chi connectivity index (χ4v) is 3.17. The van der Waals surface area contributed by atoms with E-state index in [1.165, 1.54) is 0 Å². The topological polar surface area (TPSA) is 77.2 Å². The Morgan fingerprint density at radius 3 is 2.50 bits per heavy atom. The second-order valence-electron chi connectivity index (χ2n) is 7.46. The summed E-state index contributed by atoms with van der Waals surface area (Å²) in [6.07, 6.45) is 0. The van der Waals surface area contributed by atoms with Crippen LogP contribution in [-0.2, 0) is 17.9 Å². The van der Waals surface area contributed by atoms with Gasteiger partial charge in [0.05, 0.1) is 18.8 Å². The molecule has 1 saturated heterocycles. The SMILES string of the molecule is Cc1cc(CN2CCN(C(=NCc3ccccc3)NCC(=O)N(C)C)CC2)no1.I. The molecule has 0 radical (unpaired) electrons. The molecule has 8 nitrogen and oxygen atoms in total. The Hall–Kier alpha value is -2.14. The Kier molecular flexibility index (Phi) is 9.57. The van der Waals surface area contributed by atoms with E-state index in [0.29, 0.717) is 6.54 Å². The Bertz CT molecular complexity index is 816. The van der Waals surface area contributed by atoms with Gasteiger partial charge in [0, 0.05) is 52.9 Å². The molecule has 0 unspecified atom stereocenters. The zero-order valence-electron chi connectivity index (χ0n) is 17.9. The lowest BCUT2D eigenvalue weighted by atomic mass is 10.2. The summed E-state index contributed by atoms with van der Waals surface area (Å²) in [5, 5.41) is 7.33. The zero-order valence-corrected chi connectivity index (χ0v) is 20.2. The van der Waals surface area contributed by atoms with Gasteiger partial charge in [-0.1, -0.05) is 35.5 Å². The van der Waals surface area contributed by atoms with E-state index in [0.717, 1.165) is 55.7 Å². The van der Waals surface area contributed by atoms with Gasteiger partial charge in [-0.25, -0.2) is 4.99 Å². The highest BCUT2D eigenvalue weighted by molar-refractivity contribution is 14.0. The number of hydrogen-bond acceptors (Lipinski definition) is 5. The summed E-state index contributed by atoms with van der Waals surface area (Å²) in [6, 6.07) is 12.1. The Labute approximate surface area is 195 Å². The molecule has 2 heterocycles. The predicted molar refractivity (Wildman–Crippen MR) is 128 cm³/mol. The summed E-state index contributed by atoms with van der Waals surface area (Å²) < 4.78 is 5.16. The minimum Gasteiger partial charge on any atom is -0.361 e. The van der Waals surface area contributed by atoms with Crippen LogP contribution in [0.25, 0.3) is 0 Å². The summed E-state index contributed by atoms with van der Waals surface area (Å²) in [5.41, 5.74) is 2.11. The minimum absolute atomic E-state index is 0. The Morgan fingerprint density at radius 1 is 1.20 bits per heavy atom. The van der Waals surface area contributed by atoms with Crippen LogP contribution in [-0.4, -0.2) is 78.5 Å². The van der Waals surface area contributed by atoms with E-state index in [4.69, 9.17) is 9.52 Å². The number of guanidine groups is 1. The molecule has 3 rings (SSSR count). The number of likely N-dealkylation sites (N-methyl/N-ethyl adjacent to an activating group) is 1. The third-order valence-electron chi connectivity index (χ3n) is 4.88. The molecule has 1 aromatic carbocycles. The molecule has 0 saturated carbocycles. The number of halogens is 1. The minimum atomic E-state index is 0. The van der Waals surface area contributed by atoms with Crippen molar-refractivity contribution in [3.05, 3.63) is 53.4 Å². The van der Waals surface area contributed by atoms with Crippen molar-refractivity contribution in [3.63, 3.8) is 0 Å². The number of nitrogens with zero attached hydrogens (tertiary/aromatic N) is 5. The van der Waals surface area contributed by atoms with Crippen molar-refractivity contribution >= 4 is 35.8 Å². The third-order valence-corrected chi connectivity index (χ3v) is 4.88. The van der Waals surface area contributed by atoms with Crippen molar-refractivity contribution in [2.24, 2.45) is 4.99 Å². The number of hydrogen-bond donors (Lipinski definition) is 1. The number of piperazine rings is 1. The van der Waals surface area contributed by atoms with E-state index in [-0.39, 0.29) is 36.4 Å². The van der Waals surface area contributed by atoms with Crippen molar-refractivity contribution in [2.75, 3.05) is 46.8 Å². The van der Waals surface area contributed by atoms with Crippen molar-refractivity contribution in [2.45, 2.75) is 20.0 Å². The summed E-state index contributed by atoms with van der Waals surface area (Å²) in [6.45, 7) is 7.00. The van der Waals surface area contributed by atoms with E-state index in [9.17, 15) is 4.79 Å². The standard InChI is InChI=1S/C21H30N6O2.HI/c1-17-13-19(24-29-17)16-26-9-11-27(12-10-26)21(23-15-20(28)25(2)3)22-14-18-7-5-4-6-8-18;/h4-8,13H,9-12,14-16H2,1-3H3,(H,22,23);1H. The molecule has 1 aliphatic heterocycles. The lowest BCUT2D eigenvalue weighted by Crippen LogP contribution is -2.53. The average molecular weight is 526 g/mol. The summed E-state index contributed by atoms with van der Waals surface area (Å²) in [5.74, 6) is 1.64. The number of amides is 1. The van der Waals surface area contributed by atoms with Crippen molar-refractivity contribution in [3.8, 4) is 0 Å². The predicted octanol–water partition coefficient (Wildman–Crippen LogP) is 1.95. The molecule has 0 bridgehead atoms. The molecule has 1 aliphatic rings. The smallest absolute Gasteiger partial charge is 0.241 e. The van der Waals surface area contributed by atoms with E-state index in [2.05, 4.69) is 32.4 Å². The van der Waals surface area contributed by atoms with E-state index >= 15 is 0 Å². The molecule has 0 aliphatic carbocycles. The maximum absolute atomic E-state index is 12.0. The van der Waals surface area contributed by atoms with Crippen LogP contribution in [0.1, 0.15) is 17.0 Å². The second-order valence-corrected chi connectivity index (χ2v) is 7.46. The van der Waals surface area contributed by atoms with Crippen LogP contribution in [0, 0.1) is 6.92 Å². The molecule has 0 spiro atoms. The number of carbonyl (C=O) groups is 1. The van der Waals surface area contributed by atoms with Crippen LogP contribution < -0.4 is 5.32 Å². The molecular formula is C21H31IN6O2. The van der Waals surface area contributed by atoms with Gasteiger partial charge in [0.15, 0.2) is 5.96 Å². The number of rotatable bonds is 6. The second kappa shape index (κ2) is 11.9. The van der Waals surface area contributed by atoms with Crippen molar-refractivity contribution in [1.82, 2.24) is 25.2 Å². The van der Waals surface area contributed by atoms with Crippen LogP contribution in [0.3, 0.4) is 0 Å². The van der Waals surface area contributed by atoms with E-state index < -0.39 is 0 Å². The highest BCUT2D eigenvalue weighted by Gasteiger charge is 2.21. The normalized spacial score (nSPS) is 14.9. The van der Waals surface area contributed by atoms with Crippen LogP contribution in [0.2, 0.25) is 0 Å². The van der Waals surface area contributed by atoms with Crippen LogP contribution in [0.15, 0.2) is 45.9 Å². The molecule has 1 amide bonds. The first-order valence-electron chi connectivity index (χ1n) is 9.93. The zero-order chi connectivity index (χ0) is 20.6. The van der Waals surface area contributed by atoms with Gasteiger partial charge < -0.3 is 19.6 Å². The van der Waals surface area contributed by atoms with Crippen molar-refractivity contribution in [1.29, 1.82) is 0 Å². The van der Waals surface area contributed by atoms with Crippen LogP contribution >= 0.6 is 24.0 Å². The van der Waals surface area contributed by atoms with Gasteiger partial charge in [0.25, 0.3) is 0 Å². The largest absolute Gasteiger partial charge is 0.361 e. The Morgan fingerprint density at radius 2 is 1.90 bits per heavy atom. The molecule has 164 valence electrons. The highest BCUT2D eigenvalue weighted by Crippen LogP contribution is 2.10. The van der Waals surface area contributed by atoms with E-state index in [1.807, 2.05) is 31.2 Å². The van der Waals surface area contributed by atoms with Gasteiger partial charge in [0.1, 0.15) is 5.76 Å². The molecule has 0 atom stereocenters. The number of carbonyl (C=O) groups excluding carboxylic acids is 1. The van der Waals surface area contributed by atoms with Crippen molar-refractivity contribution < 1.29 is 9.32 Å². The highest BCUT2D eigenvalue weighted by atomic mass is 127.